The van der Waals surface area contributed by atoms with E-state index in [2.05, 4.69) is 21.2 Å². The maximum atomic E-state index is 13.6. The van der Waals surface area contributed by atoms with Gasteiger partial charge in [0.15, 0.2) is 0 Å². The topological polar surface area (TPSA) is 12.0 Å². The van der Waals surface area contributed by atoms with Crippen LogP contribution in [-0.2, 0) is 0 Å². The van der Waals surface area contributed by atoms with Gasteiger partial charge < -0.3 is 5.32 Å². The average molecular weight is 375 g/mol. The van der Waals surface area contributed by atoms with Crippen molar-refractivity contribution in [2.75, 3.05) is 6.54 Å². The van der Waals surface area contributed by atoms with Gasteiger partial charge in [0.25, 0.3) is 0 Å². The van der Waals surface area contributed by atoms with Crippen molar-refractivity contribution in [3.8, 4) is 0 Å². The molecule has 0 aliphatic heterocycles. The molecule has 112 valence electrons. The second kappa shape index (κ2) is 7.34. The number of benzene rings is 2. The summed E-state index contributed by atoms with van der Waals surface area (Å²) in [6.45, 7) is 2.78. The zero-order valence-corrected chi connectivity index (χ0v) is 13.8. The molecule has 1 nitrogen and oxygen atoms in total. The quantitative estimate of drug-likeness (QED) is 0.732. The minimum absolute atomic E-state index is 0.303. The molecule has 1 N–H and O–H groups in total. The summed E-state index contributed by atoms with van der Waals surface area (Å²) >= 11 is 9.57. The lowest BCUT2D eigenvalue weighted by molar-refractivity contribution is 0.580. The second-order valence-electron chi connectivity index (χ2n) is 4.72. The van der Waals surface area contributed by atoms with Gasteiger partial charge in [0.05, 0.1) is 6.04 Å². The molecule has 21 heavy (non-hydrogen) atoms. The van der Waals surface area contributed by atoms with Gasteiger partial charge in [0, 0.05) is 9.50 Å². The zero-order valence-electron chi connectivity index (χ0n) is 11.5. The van der Waals surface area contributed by atoms with Crippen LogP contribution in [0.25, 0.3) is 0 Å². The predicted octanol–water partition coefficient (Wildman–Crippen LogP) is 5.47. The van der Waals surface area contributed by atoms with E-state index in [-0.39, 0.29) is 17.7 Å². The molecule has 0 aliphatic carbocycles. The Labute approximate surface area is 136 Å². The first-order chi connectivity index (χ1) is 10.0. The lowest BCUT2D eigenvalue weighted by Crippen LogP contribution is -2.24. The van der Waals surface area contributed by atoms with Crippen LogP contribution in [0.4, 0.5) is 8.78 Å². The van der Waals surface area contributed by atoms with Crippen LogP contribution in [0.2, 0.25) is 5.02 Å². The molecular formula is C16H15BrClF2N. The molecule has 0 saturated carbocycles. The van der Waals surface area contributed by atoms with Gasteiger partial charge in [0.2, 0.25) is 0 Å². The van der Waals surface area contributed by atoms with E-state index < -0.39 is 0 Å². The first-order valence-electron chi connectivity index (χ1n) is 6.66. The van der Waals surface area contributed by atoms with E-state index in [4.69, 9.17) is 11.6 Å². The number of rotatable bonds is 5. The Balaban J connectivity index is 2.49. The third kappa shape index (κ3) is 4.02. The van der Waals surface area contributed by atoms with Gasteiger partial charge in [-0.3, -0.25) is 0 Å². The molecule has 0 amide bonds. The predicted molar refractivity (Wildman–Crippen MR) is 85.6 cm³/mol. The highest BCUT2D eigenvalue weighted by Crippen LogP contribution is 2.33. The smallest absolute Gasteiger partial charge is 0.124 e. The van der Waals surface area contributed by atoms with Gasteiger partial charge in [-0.2, -0.15) is 0 Å². The van der Waals surface area contributed by atoms with Crippen LogP contribution in [0.5, 0.6) is 0 Å². The normalized spacial score (nSPS) is 12.4. The summed E-state index contributed by atoms with van der Waals surface area (Å²) < 4.78 is 27.4. The van der Waals surface area contributed by atoms with Crippen LogP contribution in [0.3, 0.4) is 0 Å². The fraction of sp³-hybridized carbons (Fsp3) is 0.250. The Bertz CT molecular complexity index is 634. The van der Waals surface area contributed by atoms with Crippen LogP contribution in [0, 0.1) is 11.6 Å². The van der Waals surface area contributed by atoms with Crippen LogP contribution >= 0.6 is 27.5 Å². The summed E-state index contributed by atoms with van der Waals surface area (Å²) in [4.78, 5) is 0. The second-order valence-corrected chi connectivity index (χ2v) is 5.98. The molecule has 1 unspecified atom stereocenters. The number of nitrogens with one attached hydrogen (secondary N) is 1. The monoisotopic (exact) mass is 373 g/mol. The molecule has 0 aromatic heterocycles. The van der Waals surface area contributed by atoms with Crippen LogP contribution in [0.1, 0.15) is 30.5 Å². The van der Waals surface area contributed by atoms with E-state index in [0.717, 1.165) is 18.5 Å². The van der Waals surface area contributed by atoms with Gasteiger partial charge in [-0.15, -0.1) is 0 Å². The van der Waals surface area contributed by atoms with Crippen LogP contribution < -0.4 is 5.32 Å². The molecule has 1 atom stereocenters. The van der Waals surface area contributed by atoms with E-state index in [1.807, 2.05) is 6.92 Å². The summed E-state index contributed by atoms with van der Waals surface area (Å²) in [5.74, 6) is -0.680. The standard InChI is InChI=1S/C16H15BrClF2N/c1-2-7-21-16(12-5-3-11(20)9-14(12)17)13-8-10(19)4-6-15(13)18/h3-6,8-9,16,21H,2,7H2,1H3. The van der Waals surface area contributed by atoms with Crippen molar-refractivity contribution in [3.05, 3.63) is 68.7 Å². The molecule has 0 heterocycles. The molecule has 0 aliphatic rings. The maximum absolute atomic E-state index is 13.6. The lowest BCUT2D eigenvalue weighted by Gasteiger charge is -2.22. The lowest BCUT2D eigenvalue weighted by atomic mass is 9.98. The van der Waals surface area contributed by atoms with Gasteiger partial charge in [-0.05, 0) is 54.4 Å². The van der Waals surface area contributed by atoms with Crippen molar-refractivity contribution in [1.29, 1.82) is 0 Å². The summed E-state index contributed by atoms with van der Waals surface area (Å²) in [7, 11) is 0. The Morgan fingerprint density at radius 1 is 1.10 bits per heavy atom. The molecule has 0 bridgehead atoms. The van der Waals surface area contributed by atoms with Crippen molar-refractivity contribution in [3.63, 3.8) is 0 Å². The third-order valence-corrected chi connectivity index (χ3v) is 4.17. The Morgan fingerprint density at radius 2 is 1.76 bits per heavy atom. The SMILES string of the molecule is CCCNC(c1cc(F)ccc1Cl)c1ccc(F)cc1Br. The molecular weight excluding hydrogens is 360 g/mol. The molecule has 2 aromatic rings. The summed E-state index contributed by atoms with van der Waals surface area (Å²) in [6.07, 6.45) is 0.919. The number of hydrogen-bond acceptors (Lipinski definition) is 1. The van der Waals surface area contributed by atoms with E-state index in [9.17, 15) is 8.78 Å². The minimum Gasteiger partial charge on any atom is -0.306 e. The van der Waals surface area contributed by atoms with E-state index in [0.29, 0.717) is 15.1 Å². The van der Waals surface area contributed by atoms with Gasteiger partial charge >= 0.3 is 0 Å². The van der Waals surface area contributed by atoms with Crippen molar-refractivity contribution >= 4 is 27.5 Å². The fourth-order valence-electron chi connectivity index (χ4n) is 2.15. The Kier molecular flexibility index (Phi) is 5.73. The molecule has 5 heteroatoms. The van der Waals surface area contributed by atoms with Crippen LogP contribution in [0.15, 0.2) is 40.9 Å². The molecule has 2 rings (SSSR count). The molecule has 0 radical (unpaired) electrons. The fourth-order valence-corrected chi connectivity index (χ4v) is 2.95. The summed E-state index contributed by atoms with van der Waals surface area (Å²) in [6, 6.07) is 8.41. The Morgan fingerprint density at radius 3 is 2.43 bits per heavy atom. The molecule has 0 fully saturated rings. The Hall–Kier alpha value is -0.970. The highest BCUT2D eigenvalue weighted by atomic mass is 79.9. The summed E-state index contributed by atoms with van der Waals surface area (Å²) in [5.41, 5.74) is 1.45. The highest BCUT2D eigenvalue weighted by molar-refractivity contribution is 9.10. The molecule has 0 spiro atoms. The first kappa shape index (κ1) is 16.4. The van der Waals surface area contributed by atoms with E-state index in [1.165, 1.54) is 30.3 Å². The average Bonchev–Trinajstić information content (AvgIpc) is 2.44. The summed E-state index contributed by atoms with van der Waals surface area (Å²) in [5, 5.41) is 3.80. The van der Waals surface area contributed by atoms with Crippen molar-refractivity contribution in [1.82, 2.24) is 5.32 Å². The van der Waals surface area contributed by atoms with Gasteiger partial charge in [0.1, 0.15) is 11.6 Å². The van der Waals surface area contributed by atoms with Crippen LogP contribution in [-0.4, -0.2) is 6.54 Å². The van der Waals surface area contributed by atoms with E-state index >= 15 is 0 Å². The van der Waals surface area contributed by atoms with Crippen molar-refractivity contribution in [2.24, 2.45) is 0 Å². The zero-order chi connectivity index (χ0) is 15.4. The largest absolute Gasteiger partial charge is 0.306 e. The highest BCUT2D eigenvalue weighted by Gasteiger charge is 2.19. The maximum Gasteiger partial charge on any atom is 0.124 e. The van der Waals surface area contributed by atoms with Crippen molar-refractivity contribution < 1.29 is 8.78 Å². The van der Waals surface area contributed by atoms with E-state index in [1.54, 1.807) is 6.07 Å². The molecule has 2 aromatic carbocycles. The number of hydrogen-bond donors (Lipinski definition) is 1. The third-order valence-electron chi connectivity index (χ3n) is 3.14. The molecule has 0 saturated heterocycles. The first-order valence-corrected chi connectivity index (χ1v) is 7.83. The van der Waals surface area contributed by atoms with Gasteiger partial charge in [-0.25, -0.2) is 8.78 Å². The van der Waals surface area contributed by atoms with Gasteiger partial charge in [-0.1, -0.05) is 40.5 Å². The number of halogens is 4. The van der Waals surface area contributed by atoms with Crippen molar-refractivity contribution in [2.45, 2.75) is 19.4 Å². The minimum atomic E-state index is -0.351.